The molecule has 3 rings (SSSR count). The van der Waals surface area contributed by atoms with Gasteiger partial charge in [-0.15, -0.1) is 11.6 Å². The van der Waals surface area contributed by atoms with Gasteiger partial charge < -0.3 is 9.64 Å². The summed E-state index contributed by atoms with van der Waals surface area (Å²) >= 11 is 6.00. The zero-order chi connectivity index (χ0) is 13.2. The first-order valence-electron chi connectivity index (χ1n) is 6.89. The van der Waals surface area contributed by atoms with Crippen LogP contribution >= 0.6 is 11.6 Å². The molecule has 0 saturated carbocycles. The van der Waals surface area contributed by atoms with Crippen LogP contribution in [0.4, 0.5) is 0 Å². The smallest absolute Gasteiger partial charge is 0.234 e. The topological polar surface area (TPSA) is 29.5 Å². The lowest BCUT2D eigenvalue weighted by atomic mass is 9.96. The average molecular weight is 280 g/mol. The number of alkyl halides is 1. The summed E-state index contributed by atoms with van der Waals surface area (Å²) in [4.78, 5) is 14.7. The van der Waals surface area contributed by atoms with Crippen molar-refractivity contribution >= 4 is 17.5 Å². The van der Waals surface area contributed by atoms with Crippen LogP contribution in [0.25, 0.3) is 0 Å². The molecule has 0 N–H and O–H groups in total. The van der Waals surface area contributed by atoms with E-state index in [9.17, 15) is 4.79 Å². The molecular weight excluding hydrogens is 262 g/mol. The van der Waals surface area contributed by atoms with Gasteiger partial charge >= 0.3 is 0 Å². The fourth-order valence-electron chi connectivity index (χ4n) is 3.02. The van der Waals surface area contributed by atoms with Crippen molar-refractivity contribution in [3.05, 3.63) is 29.8 Å². The quantitative estimate of drug-likeness (QED) is 0.779. The minimum Gasteiger partial charge on any atom is -0.492 e. The number of likely N-dealkylation sites (tertiary alicyclic amines) is 1. The Morgan fingerprint density at radius 2 is 2.21 bits per heavy atom. The Morgan fingerprint density at radius 1 is 1.37 bits per heavy atom. The van der Waals surface area contributed by atoms with Crippen LogP contribution in [0.1, 0.15) is 30.7 Å². The van der Waals surface area contributed by atoms with E-state index in [1.807, 2.05) is 29.2 Å². The molecule has 2 unspecified atom stereocenters. The highest BCUT2D eigenvalue weighted by molar-refractivity contribution is 6.18. The summed E-state index contributed by atoms with van der Waals surface area (Å²) in [5.74, 6) is 1.40. The lowest BCUT2D eigenvalue weighted by Gasteiger charge is -2.36. The maximum absolute atomic E-state index is 12.7. The van der Waals surface area contributed by atoms with E-state index in [0.29, 0.717) is 12.5 Å². The Bertz CT molecular complexity index is 477. The Morgan fingerprint density at radius 3 is 3.05 bits per heavy atom. The van der Waals surface area contributed by atoms with Gasteiger partial charge in [-0.2, -0.15) is 0 Å². The summed E-state index contributed by atoms with van der Waals surface area (Å²) in [6.07, 6.45) is 3.26. The molecule has 0 radical (unpaired) electrons. The highest BCUT2D eigenvalue weighted by atomic mass is 35.5. The van der Waals surface area contributed by atoms with Crippen molar-refractivity contribution in [3.8, 4) is 5.75 Å². The largest absolute Gasteiger partial charge is 0.492 e. The van der Waals surface area contributed by atoms with Gasteiger partial charge in [0, 0.05) is 24.0 Å². The lowest BCUT2D eigenvalue weighted by Crippen LogP contribution is -2.47. The second kappa shape index (κ2) is 5.41. The normalized spacial score (nSPS) is 25.8. The van der Waals surface area contributed by atoms with Crippen LogP contribution in [0.3, 0.4) is 0 Å². The lowest BCUT2D eigenvalue weighted by molar-refractivity contribution is -0.136. The number of rotatable bonds is 2. The van der Waals surface area contributed by atoms with E-state index in [4.69, 9.17) is 16.3 Å². The highest BCUT2D eigenvalue weighted by Crippen LogP contribution is 2.35. The maximum Gasteiger partial charge on any atom is 0.234 e. The predicted molar refractivity (Wildman–Crippen MR) is 74.8 cm³/mol. The number of piperidine rings is 1. The monoisotopic (exact) mass is 279 g/mol. The zero-order valence-electron chi connectivity index (χ0n) is 10.8. The average Bonchev–Trinajstić information content (AvgIpc) is 2.90. The van der Waals surface area contributed by atoms with Gasteiger partial charge in [-0.25, -0.2) is 0 Å². The number of fused-ring (bicyclic) bond motifs is 1. The van der Waals surface area contributed by atoms with E-state index in [2.05, 4.69) is 0 Å². The number of carbonyl (C=O) groups is 1. The number of hydrogen-bond acceptors (Lipinski definition) is 2. The van der Waals surface area contributed by atoms with Gasteiger partial charge in [0.2, 0.25) is 5.91 Å². The molecule has 1 saturated heterocycles. The number of halogens is 1. The molecule has 0 spiro atoms. The van der Waals surface area contributed by atoms with Crippen molar-refractivity contribution < 1.29 is 9.53 Å². The van der Waals surface area contributed by atoms with Crippen molar-refractivity contribution in [1.29, 1.82) is 0 Å². The van der Waals surface area contributed by atoms with Crippen LogP contribution in [-0.4, -0.2) is 35.9 Å². The van der Waals surface area contributed by atoms with Crippen LogP contribution in [0.2, 0.25) is 0 Å². The molecular formula is C15H18ClNO2. The third kappa shape index (κ3) is 2.32. The fraction of sp³-hybridized carbons (Fsp3) is 0.533. The Labute approximate surface area is 118 Å². The first-order chi connectivity index (χ1) is 9.31. The minimum atomic E-state index is -0.153. The van der Waals surface area contributed by atoms with Crippen molar-refractivity contribution in [3.63, 3.8) is 0 Å². The molecule has 2 aliphatic heterocycles. The van der Waals surface area contributed by atoms with Gasteiger partial charge in [-0.05, 0) is 25.3 Å². The van der Waals surface area contributed by atoms with Crippen molar-refractivity contribution in [2.45, 2.75) is 31.2 Å². The molecule has 2 heterocycles. The molecule has 1 amide bonds. The summed E-state index contributed by atoms with van der Waals surface area (Å²) in [6.45, 7) is 1.29. The number of nitrogens with zero attached hydrogens (tertiary/aromatic N) is 1. The van der Waals surface area contributed by atoms with Crippen molar-refractivity contribution in [1.82, 2.24) is 4.90 Å². The standard InChI is InChI=1S/C15H18ClNO2/c16-9-11-5-3-4-8-17(11)15(18)13-10-19-14-7-2-1-6-12(13)14/h1-2,6-7,11,13H,3-5,8-10H2. The summed E-state index contributed by atoms with van der Waals surface area (Å²) in [6, 6.07) is 8.01. The number of para-hydroxylation sites is 1. The summed E-state index contributed by atoms with van der Waals surface area (Å²) < 4.78 is 5.61. The Kier molecular flexibility index (Phi) is 3.65. The second-order valence-corrected chi connectivity index (χ2v) is 5.55. The second-order valence-electron chi connectivity index (χ2n) is 5.24. The third-order valence-corrected chi connectivity index (χ3v) is 4.44. The van der Waals surface area contributed by atoms with E-state index < -0.39 is 0 Å². The SMILES string of the molecule is O=C(C1COc2ccccc21)N1CCCCC1CCl. The Hall–Kier alpha value is -1.22. The highest BCUT2D eigenvalue weighted by Gasteiger charge is 2.36. The van der Waals surface area contributed by atoms with Crippen molar-refractivity contribution in [2.75, 3.05) is 19.0 Å². The maximum atomic E-state index is 12.7. The number of amides is 1. The molecule has 0 aliphatic carbocycles. The molecule has 2 atom stereocenters. The molecule has 0 bridgehead atoms. The van der Waals surface area contributed by atoms with Gasteiger partial charge in [0.05, 0.1) is 0 Å². The summed E-state index contributed by atoms with van der Waals surface area (Å²) in [5, 5.41) is 0. The third-order valence-electron chi connectivity index (χ3n) is 4.09. The van der Waals surface area contributed by atoms with E-state index in [1.54, 1.807) is 0 Å². The van der Waals surface area contributed by atoms with Crippen LogP contribution in [0, 0.1) is 0 Å². The predicted octanol–water partition coefficient (Wildman–Crippen LogP) is 2.78. The van der Waals surface area contributed by atoms with Gasteiger partial charge in [0.1, 0.15) is 18.3 Å². The van der Waals surface area contributed by atoms with Crippen LogP contribution in [0.15, 0.2) is 24.3 Å². The van der Waals surface area contributed by atoms with E-state index in [1.165, 1.54) is 6.42 Å². The number of hydrogen-bond donors (Lipinski definition) is 0. The van der Waals surface area contributed by atoms with Gasteiger partial charge in [-0.1, -0.05) is 18.2 Å². The molecule has 102 valence electrons. The fourth-order valence-corrected chi connectivity index (χ4v) is 3.34. The molecule has 1 fully saturated rings. The van der Waals surface area contributed by atoms with Crippen LogP contribution < -0.4 is 4.74 Å². The molecule has 0 aromatic heterocycles. The van der Waals surface area contributed by atoms with E-state index in [0.717, 1.165) is 30.7 Å². The first-order valence-corrected chi connectivity index (χ1v) is 7.43. The van der Waals surface area contributed by atoms with E-state index in [-0.39, 0.29) is 17.9 Å². The summed E-state index contributed by atoms with van der Waals surface area (Å²) in [5.41, 5.74) is 1.02. The molecule has 19 heavy (non-hydrogen) atoms. The molecule has 4 heteroatoms. The molecule has 3 nitrogen and oxygen atoms in total. The molecule has 1 aromatic rings. The number of carbonyl (C=O) groups excluding carboxylic acids is 1. The van der Waals surface area contributed by atoms with Crippen LogP contribution in [-0.2, 0) is 4.79 Å². The minimum absolute atomic E-state index is 0.153. The van der Waals surface area contributed by atoms with Crippen molar-refractivity contribution in [2.24, 2.45) is 0 Å². The zero-order valence-corrected chi connectivity index (χ0v) is 11.6. The Balaban J connectivity index is 1.81. The van der Waals surface area contributed by atoms with E-state index >= 15 is 0 Å². The van der Waals surface area contributed by atoms with Gasteiger partial charge in [-0.3, -0.25) is 4.79 Å². The molecule has 2 aliphatic rings. The first kappa shape index (κ1) is 12.8. The molecule has 1 aromatic carbocycles. The summed E-state index contributed by atoms with van der Waals surface area (Å²) in [7, 11) is 0. The number of benzene rings is 1. The number of ether oxygens (including phenoxy) is 1. The van der Waals surface area contributed by atoms with Gasteiger partial charge in [0.15, 0.2) is 0 Å². The van der Waals surface area contributed by atoms with Crippen LogP contribution in [0.5, 0.6) is 5.75 Å². The van der Waals surface area contributed by atoms with Gasteiger partial charge in [0.25, 0.3) is 0 Å².